The van der Waals surface area contributed by atoms with Gasteiger partial charge in [0.15, 0.2) is 0 Å². The van der Waals surface area contributed by atoms with Crippen molar-refractivity contribution in [2.75, 3.05) is 13.7 Å². The number of nitrogens with zero attached hydrogens (tertiary/aromatic N) is 1. The van der Waals surface area contributed by atoms with Crippen molar-refractivity contribution in [3.8, 4) is 0 Å². The van der Waals surface area contributed by atoms with Crippen LogP contribution in [0.4, 0.5) is 0 Å². The van der Waals surface area contributed by atoms with Crippen molar-refractivity contribution in [1.29, 1.82) is 0 Å². The highest BCUT2D eigenvalue weighted by Crippen LogP contribution is 2.19. The van der Waals surface area contributed by atoms with E-state index in [1.54, 1.807) is 18.4 Å². The molecule has 0 radical (unpaired) electrons. The first-order valence-corrected chi connectivity index (χ1v) is 5.79. The number of nitrogens with two attached hydrogens (primary N) is 1. The van der Waals surface area contributed by atoms with Gasteiger partial charge in [-0.2, -0.15) is 0 Å². The molecular weight excluding hydrogens is 196 g/mol. The zero-order chi connectivity index (χ0) is 10.4. The molecule has 0 saturated heterocycles. The van der Waals surface area contributed by atoms with Gasteiger partial charge in [0, 0.05) is 31.6 Å². The van der Waals surface area contributed by atoms with E-state index in [2.05, 4.69) is 11.9 Å². The number of ether oxygens (including phenoxy) is 1. The summed E-state index contributed by atoms with van der Waals surface area (Å²) in [5, 5.41) is 1.19. The van der Waals surface area contributed by atoms with Crippen LogP contribution < -0.4 is 5.73 Å². The zero-order valence-corrected chi connectivity index (χ0v) is 9.69. The van der Waals surface area contributed by atoms with E-state index in [1.807, 2.05) is 0 Å². The van der Waals surface area contributed by atoms with Crippen LogP contribution in [0.2, 0.25) is 0 Å². The molecule has 3 nitrogen and oxygen atoms in total. The van der Waals surface area contributed by atoms with Crippen LogP contribution >= 0.6 is 11.3 Å². The fourth-order valence-corrected chi connectivity index (χ4v) is 2.42. The first-order valence-electron chi connectivity index (χ1n) is 4.98. The smallest absolute Gasteiger partial charge is 0.0932 e. The fraction of sp³-hybridized carbons (Fsp3) is 0.700. The topological polar surface area (TPSA) is 48.1 Å². The predicted molar refractivity (Wildman–Crippen MR) is 59.6 cm³/mol. The van der Waals surface area contributed by atoms with Crippen LogP contribution in [0.5, 0.6) is 0 Å². The SMILES string of the molecule is CCc1nc(CCCOC)sc1CN. The van der Waals surface area contributed by atoms with Crippen molar-refractivity contribution >= 4 is 11.3 Å². The Balaban J connectivity index is 2.55. The van der Waals surface area contributed by atoms with Crippen LogP contribution in [0.3, 0.4) is 0 Å². The summed E-state index contributed by atoms with van der Waals surface area (Å²) in [5.74, 6) is 0. The lowest BCUT2D eigenvalue weighted by Gasteiger charge is -1.94. The number of thiazole rings is 1. The van der Waals surface area contributed by atoms with Crippen molar-refractivity contribution in [1.82, 2.24) is 4.98 Å². The van der Waals surface area contributed by atoms with Crippen LogP contribution in [0.15, 0.2) is 0 Å². The molecule has 0 saturated carbocycles. The first-order chi connectivity index (χ1) is 6.81. The largest absolute Gasteiger partial charge is 0.385 e. The Bertz CT molecular complexity index is 252. The molecule has 80 valence electrons. The Hall–Kier alpha value is -0.450. The zero-order valence-electron chi connectivity index (χ0n) is 8.88. The van der Waals surface area contributed by atoms with Gasteiger partial charge in [0.2, 0.25) is 0 Å². The van der Waals surface area contributed by atoms with Crippen LogP contribution in [0.1, 0.15) is 28.9 Å². The van der Waals surface area contributed by atoms with Crippen molar-refractivity contribution in [3.63, 3.8) is 0 Å². The number of aryl methyl sites for hydroxylation is 2. The highest BCUT2D eigenvalue weighted by molar-refractivity contribution is 7.11. The quantitative estimate of drug-likeness (QED) is 0.734. The van der Waals surface area contributed by atoms with Crippen molar-refractivity contribution in [3.05, 3.63) is 15.6 Å². The molecule has 1 aromatic rings. The first kappa shape index (κ1) is 11.6. The van der Waals surface area contributed by atoms with E-state index in [4.69, 9.17) is 10.5 Å². The Morgan fingerprint density at radius 1 is 1.50 bits per heavy atom. The van der Waals surface area contributed by atoms with Crippen molar-refractivity contribution in [2.45, 2.75) is 32.7 Å². The third-order valence-electron chi connectivity index (χ3n) is 2.08. The summed E-state index contributed by atoms with van der Waals surface area (Å²) >= 11 is 1.74. The molecule has 0 spiro atoms. The average molecular weight is 214 g/mol. The molecule has 1 aromatic heterocycles. The molecule has 0 aromatic carbocycles. The lowest BCUT2D eigenvalue weighted by Crippen LogP contribution is -1.97. The van der Waals surface area contributed by atoms with E-state index in [1.165, 1.54) is 15.6 Å². The molecule has 0 amide bonds. The molecule has 1 heterocycles. The Kier molecular flexibility index (Phi) is 5.07. The van der Waals surface area contributed by atoms with Gasteiger partial charge < -0.3 is 10.5 Å². The summed E-state index contributed by atoms with van der Waals surface area (Å²) in [5.41, 5.74) is 6.81. The maximum atomic E-state index is 5.64. The number of aromatic nitrogens is 1. The fourth-order valence-electron chi connectivity index (χ4n) is 1.35. The Morgan fingerprint density at radius 2 is 2.29 bits per heavy atom. The lowest BCUT2D eigenvalue weighted by atomic mass is 10.3. The highest BCUT2D eigenvalue weighted by Gasteiger charge is 2.07. The van der Waals surface area contributed by atoms with Crippen LogP contribution in [0, 0.1) is 0 Å². The molecule has 1 rings (SSSR count). The second-order valence-corrected chi connectivity index (χ2v) is 4.30. The van der Waals surface area contributed by atoms with Gasteiger partial charge in [-0.3, -0.25) is 0 Å². The standard InChI is InChI=1S/C10H18N2OS/c1-3-8-9(7-11)14-10(12-8)5-4-6-13-2/h3-7,11H2,1-2H3. The summed E-state index contributed by atoms with van der Waals surface area (Å²) in [7, 11) is 1.73. The molecular formula is C10H18N2OS. The van der Waals surface area contributed by atoms with Gasteiger partial charge in [-0.1, -0.05) is 6.92 Å². The van der Waals surface area contributed by atoms with E-state index >= 15 is 0 Å². The molecule has 0 atom stereocenters. The number of rotatable bonds is 6. The van der Waals surface area contributed by atoms with E-state index in [-0.39, 0.29) is 0 Å². The number of hydrogen-bond donors (Lipinski definition) is 1. The third-order valence-corrected chi connectivity index (χ3v) is 3.26. The second-order valence-electron chi connectivity index (χ2n) is 3.13. The molecule has 0 aliphatic rings. The molecule has 0 aliphatic carbocycles. The van der Waals surface area contributed by atoms with Crippen LogP contribution in [-0.2, 0) is 24.1 Å². The van der Waals surface area contributed by atoms with E-state index in [0.717, 1.165) is 25.9 Å². The molecule has 0 unspecified atom stereocenters. The molecule has 0 fully saturated rings. The highest BCUT2D eigenvalue weighted by atomic mass is 32.1. The minimum atomic E-state index is 0.616. The third kappa shape index (κ3) is 3.04. The van der Waals surface area contributed by atoms with Gasteiger partial charge in [0.1, 0.15) is 0 Å². The Labute approximate surface area is 89.3 Å². The summed E-state index contributed by atoms with van der Waals surface area (Å²) < 4.78 is 5.01. The summed E-state index contributed by atoms with van der Waals surface area (Å²) in [4.78, 5) is 5.79. The molecule has 14 heavy (non-hydrogen) atoms. The molecule has 0 aliphatic heterocycles. The lowest BCUT2D eigenvalue weighted by molar-refractivity contribution is 0.195. The second kappa shape index (κ2) is 6.11. The monoisotopic (exact) mass is 214 g/mol. The molecule has 4 heteroatoms. The van der Waals surface area contributed by atoms with E-state index in [0.29, 0.717) is 6.54 Å². The van der Waals surface area contributed by atoms with Crippen LogP contribution in [0.25, 0.3) is 0 Å². The van der Waals surface area contributed by atoms with Gasteiger partial charge >= 0.3 is 0 Å². The van der Waals surface area contributed by atoms with Gasteiger partial charge in [0.05, 0.1) is 10.7 Å². The van der Waals surface area contributed by atoms with Gasteiger partial charge in [-0.15, -0.1) is 11.3 Å². The molecule has 0 bridgehead atoms. The van der Waals surface area contributed by atoms with Gasteiger partial charge in [-0.05, 0) is 12.8 Å². The van der Waals surface area contributed by atoms with Crippen LogP contribution in [-0.4, -0.2) is 18.7 Å². The minimum Gasteiger partial charge on any atom is -0.385 e. The Morgan fingerprint density at radius 3 is 2.79 bits per heavy atom. The summed E-state index contributed by atoms with van der Waals surface area (Å²) in [6.45, 7) is 3.54. The number of hydrogen-bond acceptors (Lipinski definition) is 4. The van der Waals surface area contributed by atoms with E-state index in [9.17, 15) is 0 Å². The molecule has 2 N–H and O–H groups in total. The van der Waals surface area contributed by atoms with Gasteiger partial charge in [0.25, 0.3) is 0 Å². The number of methoxy groups -OCH3 is 1. The van der Waals surface area contributed by atoms with Crippen molar-refractivity contribution in [2.24, 2.45) is 5.73 Å². The predicted octanol–water partition coefficient (Wildman–Crippen LogP) is 1.74. The van der Waals surface area contributed by atoms with Gasteiger partial charge in [-0.25, -0.2) is 4.98 Å². The minimum absolute atomic E-state index is 0.616. The summed E-state index contributed by atoms with van der Waals surface area (Å²) in [6.07, 6.45) is 3.02. The van der Waals surface area contributed by atoms with Crippen molar-refractivity contribution < 1.29 is 4.74 Å². The summed E-state index contributed by atoms with van der Waals surface area (Å²) in [6, 6.07) is 0. The average Bonchev–Trinajstić information content (AvgIpc) is 2.61. The normalized spacial score (nSPS) is 10.8. The maximum absolute atomic E-state index is 5.64. The maximum Gasteiger partial charge on any atom is 0.0932 e. The van der Waals surface area contributed by atoms with E-state index < -0.39 is 0 Å².